The van der Waals surface area contributed by atoms with Crippen LogP contribution in [0.15, 0.2) is 79.5 Å². The van der Waals surface area contributed by atoms with Crippen LogP contribution in [-0.4, -0.2) is 25.2 Å². The third-order valence-electron chi connectivity index (χ3n) is 3.82. The van der Waals surface area contributed by atoms with E-state index in [4.69, 9.17) is 11.6 Å². The highest BCUT2D eigenvalue weighted by atomic mass is 35.5. The van der Waals surface area contributed by atoms with Crippen LogP contribution in [0.1, 0.15) is 10.5 Å². The van der Waals surface area contributed by atoms with Crippen LogP contribution in [0.4, 0.5) is 5.69 Å². The van der Waals surface area contributed by atoms with Crippen molar-refractivity contribution in [2.75, 3.05) is 5.32 Å². The van der Waals surface area contributed by atoms with E-state index in [-0.39, 0.29) is 5.91 Å². The smallest absolute Gasteiger partial charge is 0.276 e. The molecule has 0 fully saturated rings. The van der Waals surface area contributed by atoms with Crippen molar-refractivity contribution in [3.05, 3.63) is 90.2 Å². The number of rotatable bonds is 4. The van der Waals surface area contributed by atoms with Crippen LogP contribution in [-0.2, 0) is 0 Å². The van der Waals surface area contributed by atoms with Crippen LogP contribution in [0.25, 0.3) is 11.4 Å². The second kappa shape index (κ2) is 6.85. The normalized spacial score (nSPS) is 10.7. The van der Waals surface area contributed by atoms with Gasteiger partial charge in [-0.1, -0.05) is 17.7 Å². The minimum atomic E-state index is -0.277. The molecule has 0 aliphatic heterocycles. The molecule has 0 bridgehead atoms. The zero-order chi connectivity index (χ0) is 17.9. The van der Waals surface area contributed by atoms with Crippen LogP contribution in [0.2, 0.25) is 5.02 Å². The first kappa shape index (κ1) is 16.1. The summed E-state index contributed by atoms with van der Waals surface area (Å²) in [7, 11) is 0. The highest BCUT2D eigenvalue weighted by Crippen LogP contribution is 2.16. The summed E-state index contributed by atoms with van der Waals surface area (Å²) in [5, 5.41) is 7.76. The molecule has 2 aromatic carbocycles. The predicted octanol–water partition coefficient (Wildman–Crippen LogP) is 3.96. The van der Waals surface area contributed by atoms with Gasteiger partial charge in [0.1, 0.15) is 0 Å². The van der Waals surface area contributed by atoms with Crippen molar-refractivity contribution in [2.45, 2.75) is 0 Å². The molecule has 26 heavy (non-hydrogen) atoms. The molecule has 0 saturated carbocycles. The van der Waals surface area contributed by atoms with Gasteiger partial charge in [-0.25, -0.2) is 9.67 Å². The Labute approximate surface area is 154 Å². The number of hydrogen-bond acceptors (Lipinski definition) is 3. The van der Waals surface area contributed by atoms with Crippen LogP contribution in [0.5, 0.6) is 0 Å². The van der Waals surface area contributed by atoms with Gasteiger partial charge in [-0.15, -0.1) is 0 Å². The minimum absolute atomic E-state index is 0.277. The number of halogens is 1. The average Bonchev–Trinajstić information content (AvgIpc) is 3.35. The fraction of sp³-hybridized carbons (Fsp3) is 0. The molecule has 7 heteroatoms. The molecular weight excluding hydrogens is 350 g/mol. The summed E-state index contributed by atoms with van der Waals surface area (Å²) in [4.78, 5) is 16.4. The third-order valence-corrected chi connectivity index (χ3v) is 4.06. The average molecular weight is 364 g/mol. The van der Waals surface area contributed by atoms with Gasteiger partial charge >= 0.3 is 0 Å². The van der Waals surface area contributed by atoms with E-state index in [2.05, 4.69) is 15.4 Å². The number of benzene rings is 2. The summed E-state index contributed by atoms with van der Waals surface area (Å²) < 4.78 is 3.50. The van der Waals surface area contributed by atoms with E-state index in [9.17, 15) is 4.79 Å². The molecule has 0 saturated heterocycles. The monoisotopic (exact) mass is 363 g/mol. The zero-order valence-corrected chi connectivity index (χ0v) is 14.3. The number of carbonyl (C=O) groups excluding carboxylic acids is 1. The summed E-state index contributed by atoms with van der Waals surface area (Å²) in [6.45, 7) is 0. The Morgan fingerprint density at radius 3 is 2.58 bits per heavy atom. The molecule has 128 valence electrons. The Kier molecular flexibility index (Phi) is 4.25. The maximum absolute atomic E-state index is 12.4. The van der Waals surface area contributed by atoms with Gasteiger partial charge < -0.3 is 9.88 Å². The Morgan fingerprint density at radius 2 is 1.85 bits per heavy atom. The lowest BCUT2D eigenvalue weighted by molar-refractivity contribution is 0.102. The number of anilines is 1. The maximum atomic E-state index is 12.4. The number of amides is 1. The van der Waals surface area contributed by atoms with Crippen LogP contribution >= 0.6 is 11.6 Å². The fourth-order valence-corrected chi connectivity index (χ4v) is 2.72. The lowest BCUT2D eigenvalue weighted by Gasteiger charge is -2.06. The van der Waals surface area contributed by atoms with Crippen molar-refractivity contribution >= 4 is 23.2 Å². The second-order valence-corrected chi connectivity index (χ2v) is 6.03. The van der Waals surface area contributed by atoms with Crippen LogP contribution in [0.3, 0.4) is 0 Å². The molecule has 0 unspecified atom stereocenters. The number of nitrogens with zero attached hydrogens (tertiary/aromatic N) is 4. The first-order valence-corrected chi connectivity index (χ1v) is 8.28. The van der Waals surface area contributed by atoms with Gasteiger partial charge in [0.25, 0.3) is 5.91 Å². The van der Waals surface area contributed by atoms with Crippen LogP contribution in [0, 0.1) is 0 Å². The van der Waals surface area contributed by atoms with E-state index in [0.717, 1.165) is 11.4 Å². The van der Waals surface area contributed by atoms with Gasteiger partial charge in [0.05, 0.1) is 12.0 Å². The molecule has 2 heterocycles. The van der Waals surface area contributed by atoms with E-state index in [1.54, 1.807) is 41.6 Å². The Bertz CT molecular complexity index is 1040. The standard InChI is InChI=1S/C19H14ClN5O/c20-14-2-1-3-17(12-14)25-10-8-18(23-25)19(26)22-15-4-6-16(7-5-15)24-11-9-21-13-24/h1-13H,(H,22,26). The summed E-state index contributed by atoms with van der Waals surface area (Å²) in [5.41, 5.74) is 2.77. The number of carbonyl (C=O) groups is 1. The minimum Gasteiger partial charge on any atom is -0.321 e. The van der Waals surface area contributed by atoms with Gasteiger partial charge in [0.2, 0.25) is 0 Å². The van der Waals surface area contributed by atoms with Crippen molar-refractivity contribution in [1.82, 2.24) is 19.3 Å². The molecule has 0 spiro atoms. The largest absolute Gasteiger partial charge is 0.321 e. The van der Waals surface area contributed by atoms with Gasteiger partial charge in [-0.2, -0.15) is 5.10 Å². The first-order chi connectivity index (χ1) is 12.7. The van der Waals surface area contributed by atoms with Gasteiger partial charge in [0.15, 0.2) is 5.69 Å². The predicted molar refractivity (Wildman–Crippen MR) is 100 cm³/mol. The number of imidazole rings is 1. The van der Waals surface area contributed by atoms with Crippen molar-refractivity contribution in [2.24, 2.45) is 0 Å². The molecule has 0 aliphatic rings. The van der Waals surface area contributed by atoms with Crippen LogP contribution < -0.4 is 5.32 Å². The lowest BCUT2D eigenvalue weighted by atomic mass is 10.2. The molecule has 0 radical (unpaired) electrons. The molecule has 2 aromatic heterocycles. The van der Waals surface area contributed by atoms with E-state index in [1.165, 1.54) is 0 Å². The molecule has 4 aromatic rings. The Balaban J connectivity index is 1.48. The van der Waals surface area contributed by atoms with Crippen molar-refractivity contribution in [1.29, 1.82) is 0 Å². The topological polar surface area (TPSA) is 64.7 Å². The molecule has 0 atom stereocenters. The fourth-order valence-electron chi connectivity index (χ4n) is 2.53. The quantitative estimate of drug-likeness (QED) is 0.596. The Hall–Kier alpha value is -3.38. The van der Waals surface area contributed by atoms with E-state index >= 15 is 0 Å². The first-order valence-electron chi connectivity index (χ1n) is 7.90. The van der Waals surface area contributed by atoms with E-state index < -0.39 is 0 Å². The lowest BCUT2D eigenvalue weighted by Crippen LogP contribution is -2.13. The van der Waals surface area contributed by atoms with Crippen molar-refractivity contribution in [3.63, 3.8) is 0 Å². The number of aromatic nitrogens is 4. The molecule has 4 rings (SSSR count). The summed E-state index contributed by atoms with van der Waals surface area (Å²) in [5.74, 6) is -0.277. The maximum Gasteiger partial charge on any atom is 0.276 e. The summed E-state index contributed by atoms with van der Waals surface area (Å²) in [6.07, 6.45) is 7.01. The Morgan fingerprint density at radius 1 is 1.00 bits per heavy atom. The summed E-state index contributed by atoms with van der Waals surface area (Å²) >= 11 is 6.00. The van der Waals surface area contributed by atoms with Gasteiger partial charge in [-0.05, 0) is 48.5 Å². The second-order valence-electron chi connectivity index (χ2n) is 5.60. The van der Waals surface area contributed by atoms with E-state index in [0.29, 0.717) is 16.4 Å². The molecular formula is C19H14ClN5O. The van der Waals surface area contributed by atoms with Crippen molar-refractivity contribution in [3.8, 4) is 11.4 Å². The highest BCUT2D eigenvalue weighted by molar-refractivity contribution is 6.30. The molecule has 1 N–H and O–H groups in total. The molecule has 1 amide bonds. The van der Waals surface area contributed by atoms with E-state index in [1.807, 2.05) is 47.2 Å². The molecule has 6 nitrogen and oxygen atoms in total. The van der Waals surface area contributed by atoms with Gasteiger partial charge in [-0.3, -0.25) is 4.79 Å². The molecule has 0 aliphatic carbocycles. The third kappa shape index (κ3) is 3.36. The van der Waals surface area contributed by atoms with Crippen molar-refractivity contribution < 1.29 is 4.79 Å². The highest BCUT2D eigenvalue weighted by Gasteiger charge is 2.11. The SMILES string of the molecule is O=C(Nc1ccc(-n2ccnc2)cc1)c1ccn(-c2cccc(Cl)c2)n1. The zero-order valence-electron chi connectivity index (χ0n) is 13.6. The number of nitrogens with one attached hydrogen (secondary N) is 1. The number of hydrogen-bond donors (Lipinski definition) is 1. The summed E-state index contributed by atoms with van der Waals surface area (Å²) in [6, 6.07) is 16.4. The van der Waals surface area contributed by atoms with Gasteiger partial charge in [0, 0.05) is 35.0 Å².